The third-order valence-corrected chi connectivity index (χ3v) is 6.46. The summed E-state index contributed by atoms with van der Waals surface area (Å²) in [5, 5.41) is 2.90. The maximum Gasteiger partial charge on any atom is 0.254 e. The van der Waals surface area contributed by atoms with Crippen molar-refractivity contribution < 1.29 is 28.5 Å². The molecule has 5 rings (SSSR count). The van der Waals surface area contributed by atoms with Gasteiger partial charge in [-0.2, -0.15) is 0 Å². The maximum absolute atomic E-state index is 13.4. The number of rotatable bonds is 10. The van der Waals surface area contributed by atoms with E-state index in [1.54, 1.807) is 32.4 Å². The van der Waals surface area contributed by atoms with Crippen molar-refractivity contribution >= 4 is 17.8 Å². The molecule has 0 saturated heterocycles. The topological polar surface area (TPSA) is 104 Å². The number of amides is 2. The van der Waals surface area contributed by atoms with Crippen molar-refractivity contribution in [1.29, 1.82) is 0 Å². The number of carbonyl (C=O) groups excluding carboxylic acids is 2. The summed E-state index contributed by atoms with van der Waals surface area (Å²) in [7, 11) is 3.16. The van der Waals surface area contributed by atoms with Gasteiger partial charge in [0.1, 0.15) is 12.3 Å². The Morgan fingerprint density at radius 1 is 1.00 bits per heavy atom. The summed E-state index contributed by atoms with van der Waals surface area (Å²) in [5.41, 5.74) is 3.87. The average molecular weight is 543 g/mol. The number of benzene rings is 3. The fourth-order valence-electron chi connectivity index (χ4n) is 4.28. The molecular formula is C30H30N4O6. The number of anilines is 1. The Morgan fingerprint density at radius 3 is 2.48 bits per heavy atom. The minimum absolute atomic E-state index is 0.106. The molecule has 0 atom stereocenters. The molecule has 0 saturated carbocycles. The van der Waals surface area contributed by atoms with Gasteiger partial charge in [-0.3, -0.25) is 19.5 Å². The third-order valence-electron chi connectivity index (χ3n) is 6.46. The van der Waals surface area contributed by atoms with Crippen LogP contribution in [-0.4, -0.2) is 67.0 Å². The smallest absolute Gasteiger partial charge is 0.254 e. The molecular weight excluding hydrogens is 512 g/mol. The largest absolute Gasteiger partial charge is 0.497 e. The van der Waals surface area contributed by atoms with Gasteiger partial charge in [-0.05, 0) is 61.5 Å². The van der Waals surface area contributed by atoms with E-state index in [-0.39, 0.29) is 32.4 Å². The summed E-state index contributed by atoms with van der Waals surface area (Å²) in [6.07, 6.45) is 1.86. The number of nitrogens with zero attached hydrogens (tertiary/aromatic N) is 3. The van der Waals surface area contributed by atoms with Crippen LogP contribution in [0, 0.1) is 6.92 Å². The van der Waals surface area contributed by atoms with Crippen LogP contribution >= 0.6 is 0 Å². The lowest BCUT2D eigenvalue weighted by molar-refractivity contribution is -0.117. The predicted octanol–water partition coefficient (Wildman–Crippen LogP) is 4.31. The molecule has 2 heterocycles. The van der Waals surface area contributed by atoms with E-state index in [1.165, 1.54) is 4.90 Å². The number of nitrogens with one attached hydrogen (secondary N) is 1. The number of methoxy groups -OCH3 is 2. The molecule has 10 nitrogen and oxygen atoms in total. The van der Waals surface area contributed by atoms with Crippen molar-refractivity contribution in [2.75, 3.05) is 46.0 Å². The zero-order chi connectivity index (χ0) is 28.1. The monoisotopic (exact) mass is 542 g/mol. The second kappa shape index (κ2) is 11.9. The average Bonchev–Trinajstić information content (AvgIpc) is 3.62. The molecule has 0 unspecified atom stereocenters. The van der Waals surface area contributed by atoms with Crippen molar-refractivity contribution in [3.05, 3.63) is 84.1 Å². The van der Waals surface area contributed by atoms with Crippen LogP contribution in [0.2, 0.25) is 0 Å². The summed E-state index contributed by atoms with van der Waals surface area (Å²) in [6.45, 7) is 2.41. The zero-order valence-electron chi connectivity index (χ0n) is 22.5. The van der Waals surface area contributed by atoms with Crippen molar-refractivity contribution in [3.8, 4) is 34.2 Å². The number of aromatic nitrogens is 2. The van der Waals surface area contributed by atoms with Crippen LogP contribution < -0.4 is 19.5 Å². The van der Waals surface area contributed by atoms with Crippen LogP contribution in [-0.2, 0) is 9.53 Å². The lowest BCUT2D eigenvalue weighted by Crippen LogP contribution is -2.40. The molecule has 2 amide bonds. The Labute approximate surface area is 232 Å². The molecule has 40 heavy (non-hydrogen) atoms. The highest BCUT2D eigenvalue weighted by Crippen LogP contribution is 2.33. The van der Waals surface area contributed by atoms with E-state index in [9.17, 15) is 9.59 Å². The number of aryl methyl sites for hydroxylation is 1. The van der Waals surface area contributed by atoms with E-state index < -0.39 is 5.91 Å². The van der Waals surface area contributed by atoms with Crippen molar-refractivity contribution in [3.63, 3.8) is 0 Å². The van der Waals surface area contributed by atoms with Crippen molar-refractivity contribution in [2.45, 2.75) is 6.92 Å². The first kappa shape index (κ1) is 26.8. The number of ether oxygens (including phenoxy) is 4. The maximum atomic E-state index is 13.4. The van der Waals surface area contributed by atoms with E-state index in [2.05, 4.69) is 5.32 Å². The van der Waals surface area contributed by atoms with Crippen LogP contribution in [0.4, 0.5) is 5.95 Å². The number of imidazole rings is 1. The van der Waals surface area contributed by atoms with Gasteiger partial charge in [-0.15, -0.1) is 0 Å². The van der Waals surface area contributed by atoms with Gasteiger partial charge in [-0.1, -0.05) is 17.7 Å². The van der Waals surface area contributed by atoms with Gasteiger partial charge in [0.05, 0.1) is 19.4 Å². The minimum atomic E-state index is -0.398. The van der Waals surface area contributed by atoms with E-state index in [0.717, 1.165) is 22.6 Å². The molecule has 3 aromatic carbocycles. The van der Waals surface area contributed by atoms with Gasteiger partial charge in [0.15, 0.2) is 11.5 Å². The molecule has 10 heteroatoms. The summed E-state index contributed by atoms with van der Waals surface area (Å²) >= 11 is 0. The van der Waals surface area contributed by atoms with E-state index in [1.807, 2.05) is 66.2 Å². The molecule has 0 spiro atoms. The fourth-order valence-corrected chi connectivity index (χ4v) is 4.28. The number of fused-ring (bicyclic) bond motifs is 1. The Kier molecular flexibility index (Phi) is 7.97. The van der Waals surface area contributed by atoms with Gasteiger partial charge >= 0.3 is 0 Å². The molecule has 1 aliphatic heterocycles. The Hall–Kier alpha value is -4.83. The van der Waals surface area contributed by atoms with Crippen LogP contribution in [0.1, 0.15) is 15.9 Å². The Bertz CT molecular complexity index is 1500. The molecule has 1 aliphatic rings. The van der Waals surface area contributed by atoms with Crippen LogP contribution in [0.15, 0.2) is 72.9 Å². The molecule has 4 aromatic rings. The normalized spacial score (nSPS) is 11.8. The first-order valence-electron chi connectivity index (χ1n) is 12.7. The lowest BCUT2D eigenvalue weighted by Gasteiger charge is -2.22. The van der Waals surface area contributed by atoms with Crippen LogP contribution in [0.5, 0.6) is 17.2 Å². The molecule has 206 valence electrons. The predicted molar refractivity (Wildman–Crippen MR) is 149 cm³/mol. The quantitative estimate of drug-likeness (QED) is 0.318. The fraction of sp³-hybridized carbons (Fsp3) is 0.233. The van der Waals surface area contributed by atoms with Crippen molar-refractivity contribution in [2.24, 2.45) is 0 Å². The Balaban J connectivity index is 1.39. The second-order valence-electron chi connectivity index (χ2n) is 9.22. The third kappa shape index (κ3) is 5.92. The number of hydrogen-bond acceptors (Lipinski definition) is 7. The van der Waals surface area contributed by atoms with Gasteiger partial charge in [-0.25, -0.2) is 4.98 Å². The molecule has 1 N–H and O–H groups in total. The van der Waals surface area contributed by atoms with Gasteiger partial charge in [0, 0.05) is 36.7 Å². The first-order valence-corrected chi connectivity index (χ1v) is 12.7. The van der Waals surface area contributed by atoms with E-state index in [4.69, 9.17) is 23.9 Å². The summed E-state index contributed by atoms with van der Waals surface area (Å²) in [5.74, 6) is 1.42. The minimum Gasteiger partial charge on any atom is -0.497 e. The highest BCUT2D eigenvalue weighted by atomic mass is 16.7. The van der Waals surface area contributed by atoms with Crippen LogP contribution in [0.3, 0.4) is 0 Å². The lowest BCUT2D eigenvalue weighted by atomic mass is 10.1. The van der Waals surface area contributed by atoms with Gasteiger partial charge < -0.3 is 23.8 Å². The van der Waals surface area contributed by atoms with Gasteiger partial charge in [0.2, 0.25) is 18.6 Å². The molecule has 0 bridgehead atoms. The van der Waals surface area contributed by atoms with E-state index in [0.29, 0.717) is 28.7 Å². The highest BCUT2D eigenvalue weighted by molar-refractivity contribution is 5.99. The molecule has 0 aliphatic carbocycles. The molecule has 0 radical (unpaired) electrons. The SMILES string of the molecule is COCCN(CC(=O)Nc1nc(-c2ccc(OC)cc2)cn1-c1ccc(C)cc1)C(=O)c1ccc2c(c1)OCO2. The van der Waals surface area contributed by atoms with Crippen molar-refractivity contribution in [1.82, 2.24) is 14.5 Å². The highest BCUT2D eigenvalue weighted by Gasteiger charge is 2.23. The summed E-state index contributed by atoms with van der Waals surface area (Å²) < 4.78 is 23.0. The zero-order valence-corrected chi connectivity index (χ0v) is 22.5. The number of hydrogen-bond donors (Lipinski definition) is 1. The van der Waals surface area contributed by atoms with E-state index >= 15 is 0 Å². The summed E-state index contributed by atoms with van der Waals surface area (Å²) in [4.78, 5) is 32.8. The standard InChI is InChI=1S/C30H30N4O6/c1-20-4-9-23(10-5-20)34-17-25(21-6-11-24(38-3)12-7-21)31-30(34)32-28(35)18-33(14-15-37-2)29(36)22-8-13-26-27(16-22)40-19-39-26/h4-13,16-17H,14-15,18-19H2,1-3H3,(H,31,32,35). The van der Waals surface area contributed by atoms with Gasteiger partial charge in [0.25, 0.3) is 5.91 Å². The first-order chi connectivity index (χ1) is 19.4. The van der Waals surface area contributed by atoms with Crippen LogP contribution in [0.25, 0.3) is 16.9 Å². The molecule has 1 aromatic heterocycles. The Morgan fingerprint density at radius 2 is 1.75 bits per heavy atom. The molecule has 0 fully saturated rings. The number of carbonyl (C=O) groups is 2. The second-order valence-corrected chi connectivity index (χ2v) is 9.22. The summed E-state index contributed by atoms with van der Waals surface area (Å²) in [6, 6.07) is 20.4.